The number of esters is 1. The van der Waals surface area contributed by atoms with E-state index in [-0.39, 0.29) is 35.3 Å². The summed E-state index contributed by atoms with van der Waals surface area (Å²) in [6.07, 6.45) is 46.5. The van der Waals surface area contributed by atoms with Crippen LogP contribution in [0.5, 0.6) is 0 Å². The Morgan fingerprint density at radius 3 is 0.767 bits per heavy atom. The van der Waals surface area contributed by atoms with Crippen LogP contribution < -0.4 is 0 Å². The van der Waals surface area contributed by atoms with Gasteiger partial charge >= 0.3 is 29.9 Å². The molecule has 0 bridgehead atoms. The number of ether oxygens (including phenoxy) is 1. The first-order valence-electron chi connectivity index (χ1n) is 19.7. The normalized spacial score (nSPS) is 11.5. The van der Waals surface area contributed by atoms with Crippen molar-refractivity contribution in [2.24, 2.45) is 5.41 Å². The summed E-state index contributed by atoms with van der Waals surface area (Å²) in [6, 6.07) is 0. The monoisotopic (exact) mass is 715 g/mol. The summed E-state index contributed by atoms with van der Waals surface area (Å²) in [7, 11) is 1.57. The molecule has 0 saturated carbocycles. The molecule has 0 aliphatic rings. The van der Waals surface area contributed by atoms with Gasteiger partial charge in [-0.2, -0.15) is 0 Å². The van der Waals surface area contributed by atoms with Crippen molar-refractivity contribution in [3.8, 4) is 0 Å². The summed E-state index contributed by atoms with van der Waals surface area (Å²) in [5.41, 5.74) is -0.277. The van der Waals surface area contributed by atoms with E-state index >= 15 is 0 Å². The first-order chi connectivity index (χ1) is 20.6. The van der Waals surface area contributed by atoms with E-state index in [0.29, 0.717) is 0 Å². The molecular weight excluding hydrogens is 631 g/mol. The van der Waals surface area contributed by atoms with E-state index in [1.54, 1.807) is 7.11 Å². The standard InChI is InChI=1S/C40H80O2.Sn.2H/c1-5-7-9-11-13-15-17-19-21-23-25-27-29-31-33-35-37-40(3,39(41)42-4)38-36-34-32-30-28-26-24-22-20-18-16-14-12-10-8-6-2;;;/h5-38H2,1-4H3;;;. The molecule has 0 rings (SSSR count). The Morgan fingerprint density at radius 1 is 0.395 bits per heavy atom. The Hall–Kier alpha value is 0.269. The molecule has 0 saturated heterocycles. The zero-order chi connectivity index (χ0) is 30.8. The number of carbonyl (C=O) groups excluding carboxylic acids is 1. The van der Waals surface area contributed by atoms with E-state index in [2.05, 4.69) is 20.8 Å². The van der Waals surface area contributed by atoms with Gasteiger partial charge in [0.25, 0.3) is 0 Å². The van der Waals surface area contributed by atoms with Crippen LogP contribution in [0.25, 0.3) is 0 Å². The van der Waals surface area contributed by atoms with Gasteiger partial charge in [-0.15, -0.1) is 0 Å². The van der Waals surface area contributed by atoms with Crippen molar-refractivity contribution in [2.75, 3.05) is 7.11 Å². The Morgan fingerprint density at radius 2 is 0.581 bits per heavy atom. The number of unbranched alkanes of at least 4 members (excludes halogenated alkanes) is 30. The van der Waals surface area contributed by atoms with Gasteiger partial charge in [0.1, 0.15) is 0 Å². The maximum absolute atomic E-state index is 12.6. The van der Waals surface area contributed by atoms with Crippen LogP contribution in [0.4, 0.5) is 0 Å². The fraction of sp³-hybridized carbons (Fsp3) is 0.975. The zero-order valence-corrected chi connectivity index (χ0v) is 34.6. The quantitative estimate of drug-likeness (QED) is 0.0371. The molecule has 0 aliphatic heterocycles. The van der Waals surface area contributed by atoms with E-state index in [1.807, 2.05) is 0 Å². The third-order valence-corrected chi connectivity index (χ3v) is 9.84. The van der Waals surface area contributed by atoms with Crippen LogP contribution in [0.15, 0.2) is 0 Å². The minimum absolute atomic E-state index is 0. The summed E-state index contributed by atoms with van der Waals surface area (Å²) < 4.78 is 5.24. The first-order valence-corrected chi connectivity index (χ1v) is 19.7. The van der Waals surface area contributed by atoms with E-state index in [9.17, 15) is 4.79 Å². The molecule has 0 N–H and O–H groups in total. The van der Waals surface area contributed by atoms with Crippen molar-refractivity contribution in [1.82, 2.24) is 0 Å². The summed E-state index contributed by atoms with van der Waals surface area (Å²) in [5.74, 6) is 0.0180. The molecule has 43 heavy (non-hydrogen) atoms. The van der Waals surface area contributed by atoms with Gasteiger partial charge in [-0.05, 0) is 19.8 Å². The van der Waals surface area contributed by atoms with Crippen molar-refractivity contribution < 1.29 is 9.53 Å². The molecule has 0 fully saturated rings. The van der Waals surface area contributed by atoms with Crippen molar-refractivity contribution in [2.45, 2.75) is 239 Å². The van der Waals surface area contributed by atoms with Gasteiger partial charge in [-0.1, -0.05) is 219 Å². The minimum atomic E-state index is -0.277. The average Bonchev–Trinajstić information content (AvgIpc) is 3.00. The maximum atomic E-state index is 12.6. The van der Waals surface area contributed by atoms with Crippen LogP contribution in [0.1, 0.15) is 239 Å². The predicted molar refractivity (Wildman–Crippen MR) is 197 cm³/mol. The summed E-state index contributed by atoms with van der Waals surface area (Å²) >= 11 is 0. The van der Waals surface area contributed by atoms with Gasteiger partial charge in [0.05, 0.1) is 12.5 Å². The Bertz CT molecular complexity index is 499. The molecule has 0 atom stereocenters. The summed E-state index contributed by atoms with van der Waals surface area (Å²) in [5, 5.41) is 0. The Kier molecular flexibility index (Phi) is 38.8. The van der Waals surface area contributed by atoms with E-state index in [4.69, 9.17) is 4.74 Å². The number of rotatable bonds is 35. The molecule has 0 unspecified atom stereocenters. The SMILES string of the molecule is CCCCCCCCCCCCCCCCCCC(C)(CCCCCCCCCCCCCCCCCC)C(=O)OC.[SnH2]. The third kappa shape index (κ3) is 32.0. The first kappa shape index (κ1) is 45.4. The summed E-state index contributed by atoms with van der Waals surface area (Å²) in [4.78, 5) is 12.6. The van der Waals surface area contributed by atoms with Crippen molar-refractivity contribution in [1.29, 1.82) is 0 Å². The second kappa shape index (κ2) is 36.7. The average molecular weight is 714 g/mol. The van der Waals surface area contributed by atoms with Gasteiger partial charge < -0.3 is 4.74 Å². The van der Waals surface area contributed by atoms with Gasteiger partial charge in [-0.3, -0.25) is 4.79 Å². The van der Waals surface area contributed by atoms with Crippen LogP contribution in [0.2, 0.25) is 0 Å². The zero-order valence-electron chi connectivity index (χ0n) is 30.6. The van der Waals surface area contributed by atoms with E-state index < -0.39 is 0 Å². The molecule has 2 nitrogen and oxygen atoms in total. The number of carbonyl (C=O) groups is 1. The van der Waals surface area contributed by atoms with Crippen molar-refractivity contribution >= 4 is 29.9 Å². The second-order valence-electron chi connectivity index (χ2n) is 14.2. The molecule has 0 amide bonds. The van der Waals surface area contributed by atoms with Crippen LogP contribution in [0.3, 0.4) is 0 Å². The molecule has 0 spiro atoms. The van der Waals surface area contributed by atoms with E-state index in [1.165, 1.54) is 205 Å². The predicted octanol–water partition coefficient (Wildman–Crippen LogP) is 13.6. The van der Waals surface area contributed by atoms with Gasteiger partial charge in [0.15, 0.2) is 0 Å². The Labute approximate surface area is 289 Å². The molecule has 0 aromatic carbocycles. The van der Waals surface area contributed by atoms with Gasteiger partial charge in [0, 0.05) is 0 Å². The van der Waals surface area contributed by atoms with Gasteiger partial charge in [-0.25, -0.2) is 0 Å². The van der Waals surface area contributed by atoms with Crippen LogP contribution >= 0.6 is 0 Å². The fourth-order valence-corrected chi connectivity index (χ4v) is 6.70. The van der Waals surface area contributed by atoms with Gasteiger partial charge in [0.2, 0.25) is 0 Å². The summed E-state index contributed by atoms with van der Waals surface area (Å²) in [6.45, 7) is 6.75. The molecular formula is C40H82O2Sn. The fourth-order valence-electron chi connectivity index (χ4n) is 6.70. The number of methoxy groups -OCH3 is 1. The van der Waals surface area contributed by atoms with Crippen LogP contribution in [-0.2, 0) is 9.53 Å². The molecule has 3 heteroatoms. The Balaban J connectivity index is 0. The molecule has 258 valence electrons. The number of hydrogen-bond donors (Lipinski definition) is 0. The molecule has 0 aromatic heterocycles. The van der Waals surface area contributed by atoms with Crippen LogP contribution in [-0.4, -0.2) is 37.0 Å². The number of hydrogen-bond acceptors (Lipinski definition) is 2. The molecule has 0 aromatic rings. The van der Waals surface area contributed by atoms with Crippen LogP contribution in [0, 0.1) is 5.41 Å². The topological polar surface area (TPSA) is 26.3 Å². The second-order valence-corrected chi connectivity index (χ2v) is 14.2. The third-order valence-electron chi connectivity index (χ3n) is 9.84. The molecule has 0 heterocycles. The molecule has 2 radical (unpaired) electrons. The molecule has 0 aliphatic carbocycles. The van der Waals surface area contributed by atoms with Crippen molar-refractivity contribution in [3.05, 3.63) is 0 Å². The van der Waals surface area contributed by atoms with Crippen molar-refractivity contribution in [3.63, 3.8) is 0 Å². The van der Waals surface area contributed by atoms with E-state index in [0.717, 1.165) is 12.8 Å².